The number of nitriles is 1. The van der Waals surface area contributed by atoms with Crippen molar-refractivity contribution in [1.82, 2.24) is 15.2 Å². The van der Waals surface area contributed by atoms with Crippen LogP contribution in [-0.2, 0) is 11.4 Å². The topological polar surface area (TPSA) is 104 Å². The summed E-state index contributed by atoms with van der Waals surface area (Å²) in [6.45, 7) is 2.13. The van der Waals surface area contributed by atoms with Crippen molar-refractivity contribution >= 4 is 35.0 Å². The van der Waals surface area contributed by atoms with Gasteiger partial charge in [-0.25, -0.2) is 4.98 Å². The Bertz CT molecular complexity index is 1030. The number of aryl methyl sites for hydroxylation is 1. The molecule has 0 fully saturated rings. The molecule has 0 saturated carbocycles. The number of carbonyl (C=O) groups is 1. The zero-order valence-electron chi connectivity index (χ0n) is 14.9. The lowest BCUT2D eigenvalue weighted by Gasteiger charge is -2.05. The van der Waals surface area contributed by atoms with E-state index in [-0.39, 0.29) is 18.3 Å². The summed E-state index contributed by atoms with van der Waals surface area (Å²) in [5.74, 6) is 1.17. The predicted molar refractivity (Wildman–Crippen MR) is 107 cm³/mol. The molecule has 0 atom stereocenters. The van der Waals surface area contributed by atoms with Crippen LogP contribution in [0.4, 0.5) is 5.69 Å². The van der Waals surface area contributed by atoms with Gasteiger partial charge in [-0.1, -0.05) is 29.4 Å². The van der Waals surface area contributed by atoms with Crippen LogP contribution >= 0.6 is 23.4 Å². The van der Waals surface area contributed by atoms with E-state index in [9.17, 15) is 4.79 Å². The van der Waals surface area contributed by atoms with Crippen LogP contribution in [0, 0.1) is 18.3 Å². The number of H-pyrrole nitrogens is 1. The molecule has 0 saturated heterocycles. The largest absolute Gasteiger partial charge is 0.486 e. The van der Waals surface area contributed by atoms with Gasteiger partial charge in [-0.05, 0) is 48.9 Å². The number of aromatic nitrogens is 3. The number of nitrogens with one attached hydrogen (secondary N) is 2. The highest BCUT2D eigenvalue weighted by Gasteiger charge is 2.09. The smallest absolute Gasteiger partial charge is 0.234 e. The van der Waals surface area contributed by atoms with Gasteiger partial charge < -0.3 is 10.1 Å². The normalized spacial score (nSPS) is 10.3. The van der Waals surface area contributed by atoms with Gasteiger partial charge in [0.2, 0.25) is 11.1 Å². The molecule has 142 valence electrons. The van der Waals surface area contributed by atoms with Crippen molar-refractivity contribution in [2.45, 2.75) is 18.7 Å². The van der Waals surface area contributed by atoms with Gasteiger partial charge in [0.05, 0.1) is 17.4 Å². The number of hydrogen-bond donors (Lipinski definition) is 2. The molecule has 2 aromatic carbocycles. The molecular formula is C19H16ClN5O2S. The number of nitrogens with zero attached hydrogens (tertiary/aromatic N) is 3. The van der Waals surface area contributed by atoms with E-state index in [1.165, 1.54) is 11.8 Å². The molecule has 0 radical (unpaired) electrons. The highest BCUT2D eigenvalue weighted by molar-refractivity contribution is 7.99. The number of carbonyl (C=O) groups excluding carboxylic acids is 1. The molecule has 1 aromatic heterocycles. The van der Waals surface area contributed by atoms with E-state index in [2.05, 4.69) is 20.5 Å². The first-order chi connectivity index (χ1) is 13.5. The molecule has 7 nitrogen and oxygen atoms in total. The third-order valence-electron chi connectivity index (χ3n) is 3.62. The molecule has 0 aliphatic rings. The Kier molecular flexibility index (Phi) is 6.53. The molecule has 3 aromatic rings. The van der Waals surface area contributed by atoms with Crippen molar-refractivity contribution in [3.05, 3.63) is 64.4 Å². The van der Waals surface area contributed by atoms with Gasteiger partial charge in [0.25, 0.3) is 0 Å². The molecule has 0 bridgehead atoms. The minimum absolute atomic E-state index is 0.144. The average Bonchev–Trinajstić information content (AvgIpc) is 3.15. The molecule has 1 heterocycles. The Morgan fingerprint density at radius 2 is 2.21 bits per heavy atom. The van der Waals surface area contributed by atoms with Crippen LogP contribution in [-0.4, -0.2) is 26.8 Å². The van der Waals surface area contributed by atoms with Crippen LogP contribution in [0.2, 0.25) is 5.02 Å². The fourth-order valence-corrected chi connectivity index (χ4v) is 2.99. The SMILES string of the molecule is Cc1cc(OCc2nc(SCC(=O)Nc3cccc(C#N)c3)n[nH]2)ccc1Cl. The zero-order valence-corrected chi connectivity index (χ0v) is 16.5. The summed E-state index contributed by atoms with van der Waals surface area (Å²) >= 11 is 7.20. The lowest BCUT2D eigenvalue weighted by molar-refractivity contribution is -0.113. The standard InChI is InChI=1S/C19H16ClN5O2S/c1-12-7-15(5-6-16(12)20)27-10-17-23-19(25-24-17)28-11-18(26)22-14-4-2-3-13(8-14)9-21/h2-8H,10-11H2,1H3,(H,22,26)(H,23,24,25). The molecular weight excluding hydrogens is 398 g/mol. The van der Waals surface area contributed by atoms with Gasteiger partial charge >= 0.3 is 0 Å². The number of aromatic amines is 1. The summed E-state index contributed by atoms with van der Waals surface area (Å²) in [5.41, 5.74) is 1.99. The number of halogens is 1. The number of thioether (sulfide) groups is 1. The van der Waals surface area contributed by atoms with Gasteiger partial charge in [0, 0.05) is 10.7 Å². The average molecular weight is 414 g/mol. The van der Waals surface area contributed by atoms with Gasteiger partial charge in [0.15, 0.2) is 5.82 Å². The van der Waals surface area contributed by atoms with Crippen LogP contribution in [0.1, 0.15) is 17.0 Å². The quantitative estimate of drug-likeness (QED) is 0.568. The van der Waals surface area contributed by atoms with Gasteiger partial charge in [0.1, 0.15) is 12.4 Å². The number of benzene rings is 2. The Labute approximate surface area is 171 Å². The Hall–Kier alpha value is -3.02. The van der Waals surface area contributed by atoms with Crippen molar-refractivity contribution in [3.63, 3.8) is 0 Å². The summed E-state index contributed by atoms with van der Waals surface area (Å²) in [4.78, 5) is 16.3. The first kappa shape index (κ1) is 19.7. The van der Waals surface area contributed by atoms with E-state index in [1.807, 2.05) is 19.1 Å². The summed E-state index contributed by atoms with van der Waals surface area (Å²) in [7, 11) is 0. The van der Waals surface area contributed by atoms with Gasteiger partial charge in [-0.3, -0.25) is 9.89 Å². The van der Waals surface area contributed by atoms with Crippen LogP contribution in [0.15, 0.2) is 47.6 Å². The Balaban J connectivity index is 1.48. The number of amides is 1. The molecule has 9 heteroatoms. The summed E-state index contributed by atoms with van der Waals surface area (Å²) in [5, 5.41) is 19.6. The van der Waals surface area contributed by atoms with Crippen molar-refractivity contribution in [2.24, 2.45) is 0 Å². The first-order valence-electron chi connectivity index (χ1n) is 8.26. The molecule has 0 spiro atoms. The highest BCUT2D eigenvalue weighted by Crippen LogP contribution is 2.22. The summed E-state index contributed by atoms with van der Waals surface area (Å²) < 4.78 is 5.66. The molecule has 0 unspecified atom stereocenters. The lowest BCUT2D eigenvalue weighted by atomic mass is 10.2. The van der Waals surface area contributed by atoms with Crippen molar-refractivity contribution in [3.8, 4) is 11.8 Å². The first-order valence-corrected chi connectivity index (χ1v) is 9.63. The second-order valence-corrected chi connectivity index (χ2v) is 7.14. The van der Waals surface area contributed by atoms with Crippen LogP contribution in [0.3, 0.4) is 0 Å². The highest BCUT2D eigenvalue weighted by atomic mass is 35.5. The summed E-state index contributed by atoms with van der Waals surface area (Å²) in [6.07, 6.45) is 0. The van der Waals surface area contributed by atoms with Gasteiger partial charge in [-0.15, -0.1) is 5.10 Å². The minimum atomic E-state index is -0.209. The second-order valence-electron chi connectivity index (χ2n) is 5.79. The second kappa shape index (κ2) is 9.26. The predicted octanol–water partition coefficient (Wildman–Crippen LogP) is 3.95. The lowest BCUT2D eigenvalue weighted by Crippen LogP contribution is -2.14. The molecule has 3 rings (SSSR count). The number of rotatable bonds is 7. The van der Waals surface area contributed by atoms with Crippen LogP contribution in [0.25, 0.3) is 0 Å². The minimum Gasteiger partial charge on any atom is -0.486 e. The van der Waals surface area contributed by atoms with Crippen LogP contribution in [0.5, 0.6) is 5.75 Å². The van der Waals surface area contributed by atoms with E-state index in [0.717, 1.165) is 5.56 Å². The van der Waals surface area contributed by atoms with E-state index >= 15 is 0 Å². The number of hydrogen-bond acceptors (Lipinski definition) is 6. The van der Waals surface area contributed by atoms with Crippen LogP contribution < -0.4 is 10.1 Å². The van der Waals surface area contributed by atoms with Gasteiger partial charge in [-0.2, -0.15) is 5.26 Å². The maximum Gasteiger partial charge on any atom is 0.234 e. The fraction of sp³-hybridized carbons (Fsp3) is 0.158. The Morgan fingerprint density at radius 1 is 1.36 bits per heavy atom. The van der Waals surface area contributed by atoms with E-state index in [0.29, 0.717) is 33.0 Å². The van der Waals surface area contributed by atoms with Crippen molar-refractivity contribution in [1.29, 1.82) is 5.26 Å². The molecule has 0 aliphatic heterocycles. The third-order valence-corrected chi connectivity index (χ3v) is 4.90. The van der Waals surface area contributed by atoms with E-state index in [1.54, 1.807) is 36.4 Å². The number of ether oxygens (including phenoxy) is 1. The maximum atomic E-state index is 12.0. The van der Waals surface area contributed by atoms with Crippen molar-refractivity contribution < 1.29 is 9.53 Å². The molecule has 0 aliphatic carbocycles. The van der Waals surface area contributed by atoms with E-state index < -0.39 is 0 Å². The summed E-state index contributed by atoms with van der Waals surface area (Å²) in [6, 6.07) is 14.2. The van der Waals surface area contributed by atoms with Crippen molar-refractivity contribution in [2.75, 3.05) is 11.1 Å². The molecule has 1 amide bonds. The Morgan fingerprint density at radius 3 is 3.00 bits per heavy atom. The molecule has 2 N–H and O–H groups in total. The monoisotopic (exact) mass is 413 g/mol. The zero-order chi connectivity index (χ0) is 19.9. The van der Waals surface area contributed by atoms with E-state index in [4.69, 9.17) is 21.6 Å². The number of anilines is 1. The maximum absolute atomic E-state index is 12.0. The third kappa shape index (κ3) is 5.49. The fourth-order valence-electron chi connectivity index (χ4n) is 2.26. The molecule has 28 heavy (non-hydrogen) atoms.